The van der Waals surface area contributed by atoms with Gasteiger partial charge in [0, 0.05) is 38.5 Å². The second kappa shape index (κ2) is 5.22. The molecule has 2 heterocycles. The van der Waals surface area contributed by atoms with Crippen LogP contribution in [0.2, 0.25) is 0 Å². The second-order valence-corrected chi connectivity index (χ2v) is 9.90. The van der Waals surface area contributed by atoms with E-state index in [2.05, 4.69) is 94.6 Å². The highest BCUT2D eigenvalue weighted by Crippen LogP contribution is 2.66. The molecule has 0 saturated carbocycles. The van der Waals surface area contributed by atoms with Crippen molar-refractivity contribution in [1.82, 2.24) is 0 Å². The van der Waals surface area contributed by atoms with Crippen molar-refractivity contribution in [2.45, 2.75) is 12.0 Å². The zero-order valence-electron chi connectivity index (χ0n) is 15.2. The molecule has 7 rings (SSSR count). The fourth-order valence-corrected chi connectivity index (χ4v) is 6.90. The number of benzene rings is 3. The molecule has 0 N–H and O–H groups in total. The molecule has 28 heavy (non-hydrogen) atoms. The van der Waals surface area contributed by atoms with Crippen molar-refractivity contribution >= 4 is 49.9 Å². The van der Waals surface area contributed by atoms with Gasteiger partial charge < -0.3 is 4.90 Å². The lowest BCUT2D eigenvalue weighted by Gasteiger charge is -2.18. The van der Waals surface area contributed by atoms with E-state index in [0.29, 0.717) is 12.0 Å². The molecule has 3 aromatic rings. The van der Waals surface area contributed by atoms with Crippen LogP contribution in [0.5, 0.6) is 0 Å². The predicted molar refractivity (Wildman–Crippen MR) is 122 cm³/mol. The summed E-state index contributed by atoms with van der Waals surface area (Å²) in [5.74, 6) is 0.375. The van der Waals surface area contributed by atoms with Gasteiger partial charge in [0.05, 0.1) is 6.04 Å². The van der Waals surface area contributed by atoms with Gasteiger partial charge in [-0.15, -0.1) is 0 Å². The topological polar surface area (TPSA) is 3.24 Å². The van der Waals surface area contributed by atoms with E-state index < -0.39 is 0 Å². The molecule has 0 amide bonds. The third-order valence-corrected chi connectivity index (χ3v) is 8.10. The fraction of sp³-hybridized carbons (Fsp3) is 0.120. The quantitative estimate of drug-likeness (QED) is 0.532. The maximum absolute atomic E-state index is 3.80. The van der Waals surface area contributed by atoms with Crippen LogP contribution in [-0.2, 0) is 0 Å². The van der Waals surface area contributed by atoms with Crippen molar-refractivity contribution in [2.24, 2.45) is 0 Å². The van der Waals surface area contributed by atoms with Gasteiger partial charge in [0.25, 0.3) is 0 Å². The number of nitrogens with zero attached hydrogens (tertiary/aromatic N) is 1. The Labute approximate surface area is 176 Å². The molecular formula is C25H16BrNS. The van der Waals surface area contributed by atoms with Gasteiger partial charge in [0.15, 0.2) is 0 Å². The van der Waals surface area contributed by atoms with Crippen LogP contribution in [0.25, 0.3) is 16.6 Å². The molecule has 134 valence electrons. The lowest BCUT2D eigenvalue weighted by Crippen LogP contribution is -2.30. The van der Waals surface area contributed by atoms with Gasteiger partial charge in [-0.25, -0.2) is 0 Å². The molecule has 2 atom stereocenters. The first kappa shape index (κ1) is 15.7. The van der Waals surface area contributed by atoms with Crippen LogP contribution in [0.15, 0.2) is 70.0 Å². The summed E-state index contributed by atoms with van der Waals surface area (Å²) in [5, 5.41) is 2.81. The summed E-state index contributed by atoms with van der Waals surface area (Å²) in [4.78, 5) is 5.47. The van der Waals surface area contributed by atoms with Crippen LogP contribution in [0, 0.1) is 0 Å². The molecule has 1 nitrogen and oxygen atoms in total. The van der Waals surface area contributed by atoms with Crippen molar-refractivity contribution in [2.75, 3.05) is 11.9 Å². The van der Waals surface area contributed by atoms with Gasteiger partial charge in [-0.2, -0.15) is 0 Å². The van der Waals surface area contributed by atoms with Crippen molar-refractivity contribution in [3.8, 4) is 0 Å². The number of anilines is 1. The van der Waals surface area contributed by atoms with E-state index in [-0.39, 0.29) is 0 Å². The van der Waals surface area contributed by atoms with E-state index >= 15 is 0 Å². The van der Waals surface area contributed by atoms with Gasteiger partial charge in [0.1, 0.15) is 0 Å². The maximum Gasteiger partial charge on any atom is 0.0745 e. The number of hydrogen-bond acceptors (Lipinski definition) is 2. The molecule has 2 aliphatic carbocycles. The zero-order chi connectivity index (χ0) is 18.6. The molecule has 0 fully saturated rings. The van der Waals surface area contributed by atoms with Gasteiger partial charge in [-0.1, -0.05) is 70.2 Å². The number of allylic oxidation sites excluding steroid dienone is 1. The van der Waals surface area contributed by atoms with Crippen LogP contribution < -0.4 is 15.3 Å². The first-order valence-corrected chi connectivity index (χ1v) is 11.2. The zero-order valence-corrected chi connectivity index (χ0v) is 17.6. The summed E-state index contributed by atoms with van der Waals surface area (Å²) in [6.07, 6.45) is 2.44. The van der Waals surface area contributed by atoms with Gasteiger partial charge in [-0.3, -0.25) is 0 Å². The Bertz CT molecular complexity index is 1380. The third kappa shape index (κ3) is 1.84. The third-order valence-electron chi connectivity index (χ3n) is 6.54. The minimum absolute atomic E-state index is 0.331. The van der Waals surface area contributed by atoms with Crippen molar-refractivity contribution in [1.29, 1.82) is 0 Å². The number of rotatable bonds is 1. The monoisotopic (exact) mass is 441 g/mol. The molecule has 2 aliphatic heterocycles. The van der Waals surface area contributed by atoms with E-state index in [4.69, 9.17) is 0 Å². The Kier molecular flexibility index (Phi) is 2.92. The average molecular weight is 442 g/mol. The normalized spacial score (nSPS) is 22.5. The molecule has 0 radical (unpaired) electrons. The largest absolute Gasteiger partial charge is 0.363 e. The summed E-state index contributed by atoms with van der Waals surface area (Å²) in [7, 11) is 2.22. The molecule has 4 aliphatic rings. The molecule has 3 heteroatoms. The van der Waals surface area contributed by atoms with Crippen LogP contribution in [0.3, 0.4) is 0 Å². The van der Waals surface area contributed by atoms with Gasteiger partial charge in [-0.05, 0) is 57.0 Å². The first-order valence-electron chi connectivity index (χ1n) is 9.61. The number of fused-ring (bicyclic) bond motifs is 6. The molecular weight excluding hydrogens is 426 g/mol. The molecule has 3 aromatic carbocycles. The number of thioether (sulfide) groups is 1. The number of para-hydroxylation sites is 1. The van der Waals surface area contributed by atoms with Gasteiger partial charge in [0.2, 0.25) is 0 Å². The lowest BCUT2D eigenvalue weighted by atomic mass is 9.89. The van der Waals surface area contributed by atoms with Crippen molar-refractivity contribution < 1.29 is 0 Å². The van der Waals surface area contributed by atoms with E-state index in [1.807, 2.05) is 11.8 Å². The van der Waals surface area contributed by atoms with Crippen LogP contribution in [-0.4, -0.2) is 13.1 Å². The van der Waals surface area contributed by atoms with E-state index in [1.165, 1.54) is 53.3 Å². The Morgan fingerprint density at radius 3 is 2.61 bits per heavy atom. The van der Waals surface area contributed by atoms with E-state index in [1.54, 1.807) is 4.91 Å². The molecule has 2 unspecified atom stereocenters. The summed E-state index contributed by atoms with van der Waals surface area (Å²) in [5.41, 5.74) is 8.56. The Hall–Kier alpha value is -2.23. The maximum atomic E-state index is 3.80. The summed E-state index contributed by atoms with van der Waals surface area (Å²) < 4.78 is 1.17. The number of hydrogen-bond donors (Lipinski definition) is 0. The Morgan fingerprint density at radius 2 is 1.71 bits per heavy atom. The highest BCUT2D eigenvalue weighted by Gasteiger charge is 2.44. The predicted octanol–water partition coefficient (Wildman–Crippen LogP) is 4.82. The number of likely N-dealkylation sites (N-methyl/N-ethyl adjacent to an activating group) is 1. The highest BCUT2D eigenvalue weighted by atomic mass is 79.9. The van der Waals surface area contributed by atoms with Crippen molar-refractivity contribution in [3.63, 3.8) is 0 Å². The average Bonchev–Trinajstić information content (AvgIpc) is 3.18. The Morgan fingerprint density at radius 1 is 0.929 bits per heavy atom. The first-order chi connectivity index (χ1) is 13.7. The molecule has 0 aromatic heterocycles. The second-order valence-electron chi connectivity index (χ2n) is 7.93. The van der Waals surface area contributed by atoms with Gasteiger partial charge >= 0.3 is 0 Å². The van der Waals surface area contributed by atoms with Crippen molar-refractivity contribution in [3.05, 3.63) is 103 Å². The fourth-order valence-electron chi connectivity index (χ4n) is 5.35. The molecule has 0 saturated heterocycles. The van der Waals surface area contributed by atoms with Crippen LogP contribution >= 0.6 is 27.7 Å². The van der Waals surface area contributed by atoms with E-state index in [0.717, 1.165) is 0 Å². The van der Waals surface area contributed by atoms with E-state index in [9.17, 15) is 0 Å². The molecule has 0 spiro atoms. The smallest absolute Gasteiger partial charge is 0.0745 e. The summed E-state index contributed by atoms with van der Waals surface area (Å²) in [6, 6.07) is 22.8. The lowest BCUT2D eigenvalue weighted by molar-refractivity contribution is 0.983. The SMILES string of the molecule is CN1c2ccccc2C2=c3c(C4C5=C(S5)c5ccccc54)cc(Br)cc3=CC21. The highest BCUT2D eigenvalue weighted by molar-refractivity contribution is 9.10. The van der Waals surface area contributed by atoms with Crippen LogP contribution in [0.4, 0.5) is 5.69 Å². The van der Waals surface area contributed by atoms with Crippen LogP contribution in [0.1, 0.15) is 28.2 Å². The summed E-state index contributed by atoms with van der Waals surface area (Å²) in [6.45, 7) is 0. The Balaban J connectivity index is 1.59. The minimum atomic E-state index is 0.331. The summed E-state index contributed by atoms with van der Waals surface area (Å²) >= 11 is 5.77. The number of halogens is 1. The molecule has 0 bridgehead atoms. The minimum Gasteiger partial charge on any atom is -0.363 e. The standard InChI is InChI=1S/C25H16BrNS/c1-27-19-9-5-4-8-17(19)23-20(27)11-13-10-14(26)12-18(21(13)23)22-15-6-2-3-7-16(15)24-25(22)28-24/h2-12,20,22H,1H3.